The monoisotopic (exact) mass is 442 g/mol. The van der Waals surface area contributed by atoms with Gasteiger partial charge in [0.2, 0.25) is 0 Å². The highest BCUT2D eigenvalue weighted by Gasteiger charge is 2.24. The van der Waals surface area contributed by atoms with Crippen molar-refractivity contribution in [3.63, 3.8) is 0 Å². The second-order valence-electron chi connectivity index (χ2n) is 9.96. The molecule has 0 bridgehead atoms. The number of unbranched alkanes of at least 4 members (excludes halogenated alkanes) is 13. The number of nitrogens with zero attached hydrogens (tertiary/aromatic N) is 1. The molecular formula is C26H52NO4+. The lowest BCUT2D eigenvalue weighted by molar-refractivity contribution is -0.893. The van der Waals surface area contributed by atoms with Gasteiger partial charge in [-0.15, -0.1) is 0 Å². The molecule has 0 radical (unpaired) electrons. The topological polar surface area (TPSA) is 63.6 Å². The van der Waals surface area contributed by atoms with E-state index in [-0.39, 0.29) is 18.5 Å². The van der Waals surface area contributed by atoms with Crippen LogP contribution in [0.1, 0.15) is 123 Å². The highest BCUT2D eigenvalue weighted by molar-refractivity contribution is 5.66. The van der Waals surface area contributed by atoms with Crippen molar-refractivity contribution in [3.8, 4) is 0 Å². The lowest BCUT2D eigenvalue weighted by atomic mass is 10.0. The zero-order chi connectivity index (χ0) is 23.4. The first-order chi connectivity index (χ1) is 14.8. The predicted molar refractivity (Wildman–Crippen MR) is 129 cm³/mol. The third kappa shape index (κ3) is 21.9. The molecule has 1 atom stereocenters. The molecule has 0 aromatic rings. The van der Waals surface area contributed by atoms with E-state index in [2.05, 4.69) is 21.0 Å². The van der Waals surface area contributed by atoms with Crippen molar-refractivity contribution in [2.45, 2.75) is 129 Å². The number of carbonyl (C=O) groups is 2. The zero-order valence-electron chi connectivity index (χ0n) is 21.1. The summed E-state index contributed by atoms with van der Waals surface area (Å²) in [6.45, 7) is 5.27. The van der Waals surface area contributed by atoms with Crippen molar-refractivity contribution in [3.05, 3.63) is 0 Å². The molecule has 0 rings (SSSR count). The van der Waals surface area contributed by atoms with Gasteiger partial charge in [0, 0.05) is 13.3 Å². The first kappa shape index (κ1) is 29.9. The van der Waals surface area contributed by atoms with E-state index in [0.717, 1.165) is 25.9 Å². The second kappa shape index (κ2) is 19.6. The summed E-state index contributed by atoms with van der Waals surface area (Å²) in [4.78, 5) is 22.2. The first-order valence-electron chi connectivity index (χ1n) is 13.0. The van der Waals surface area contributed by atoms with E-state index in [1.807, 2.05) is 0 Å². The van der Waals surface area contributed by atoms with Gasteiger partial charge >= 0.3 is 11.9 Å². The van der Waals surface area contributed by atoms with Crippen LogP contribution in [0.4, 0.5) is 0 Å². The van der Waals surface area contributed by atoms with Crippen LogP contribution in [0.15, 0.2) is 0 Å². The van der Waals surface area contributed by atoms with E-state index in [1.54, 1.807) is 0 Å². The van der Waals surface area contributed by atoms with Crippen molar-refractivity contribution in [2.24, 2.45) is 0 Å². The van der Waals surface area contributed by atoms with Crippen molar-refractivity contribution in [2.75, 3.05) is 27.2 Å². The minimum Gasteiger partial charge on any atom is -0.481 e. The average Bonchev–Trinajstić information content (AvgIpc) is 2.66. The van der Waals surface area contributed by atoms with Crippen molar-refractivity contribution < 1.29 is 23.9 Å². The Labute approximate surface area is 192 Å². The molecule has 0 fully saturated rings. The molecule has 0 aromatic carbocycles. The number of likely N-dealkylation sites (N-methyl/N-ethyl adjacent to an activating group) is 1. The van der Waals surface area contributed by atoms with Crippen LogP contribution >= 0.6 is 0 Å². The Morgan fingerprint density at radius 3 is 1.65 bits per heavy atom. The van der Waals surface area contributed by atoms with Gasteiger partial charge in [-0.1, -0.05) is 90.4 Å². The Morgan fingerprint density at radius 2 is 1.23 bits per heavy atom. The molecular weight excluding hydrogens is 390 g/mol. The number of quaternary nitrogens is 1. The molecule has 5 nitrogen and oxygen atoms in total. The van der Waals surface area contributed by atoms with Crippen LogP contribution in [0.2, 0.25) is 0 Å². The minimum atomic E-state index is -0.751. The molecule has 1 N–H and O–H groups in total. The maximum absolute atomic E-state index is 11.5. The van der Waals surface area contributed by atoms with E-state index in [0.29, 0.717) is 10.9 Å². The summed E-state index contributed by atoms with van der Waals surface area (Å²) >= 11 is 0. The Kier molecular flexibility index (Phi) is 18.9. The van der Waals surface area contributed by atoms with Gasteiger partial charge in [-0.05, 0) is 12.8 Å². The second-order valence-corrected chi connectivity index (χ2v) is 9.96. The molecule has 184 valence electrons. The van der Waals surface area contributed by atoms with Crippen LogP contribution in [0.5, 0.6) is 0 Å². The van der Waals surface area contributed by atoms with Crippen molar-refractivity contribution in [1.29, 1.82) is 0 Å². The van der Waals surface area contributed by atoms with E-state index in [1.165, 1.54) is 90.4 Å². The van der Waals surface area contributed by atoms with E-state index < -0.39 is 5.97 Å². The Hall–Kier alpha value is -1.10. The number of carboxylic acids is 1. The van der Waals surface area contributed by atoms with Crippen LogP contribution < -0.4 is 0 Å². The highest BCUT2D eigenvalue weighted by atomic mass is 16.5. The van der Waals surface area contributed by atoms with Crippen LogP contribution in [0.3, 0.4) is 0 Å². The van der Waals surface area contributed by atoms with Gasteiger partial charge < -0.3 is 14.3 Å². The number of hydrogen-bond donors (Lipinski definition) is 1. The molecule has 0 saturated carbocycles. The molecule has 5 heteroatoms. The summed E-state index contributed by atoms with van der Waals surface area (Å²) in [5, 5.41) is 8.83. The molecule has 0 aliphatic heterocycles. The van der Waals surface area contributed by atoms with Gasteiger partial charge in [-0.3, -0.25) is 9.59 Å². The van der Waals surface area contributed by atoms with Crippen molar-refractivity contribution >= 4 is 11.9 Å². The van der Waals surface area contributed by atoms with Crippen LogP contribution in [0.25, 0.3) is 0 Å². The van der Waals surface area contributed by atoms with Crippen molar-refractivity contribution in [1.82, 2.24) is 0 Å². The van der Waals surface area contributed by atoms with Gasteiger partial charge in [0.25, 0.3) is 0 Å². The molecule has 1 unspecified atom stereocenters. The molecule has 0 heterocycles. The normalized spacial score (nSPS) is 12.6. The zero-order valence-corrected chi connectivity index (χ0v) is 21.1. The summed E-state index contributed by atoms with van der Waals surface area (Å²) in [6.07, 6.45) is 20.4. The summed E-state index contributed by atoms with van der Waals surface area (Å²) in [5.74, 6) is -0.972. The number of rotatable bonds is 22. The summed E-state index contributed by atoms with van der Waals surface area (Å²) in [6, 6.07) is 0. The number of aliphatic carboxylic acids is 1. The maximum atomic E-state index is 11.5. The van der Waals surface area contributed by atoms with Crippen LogP contribution in [-0.2, 0) is 14.3 Å². The number of carbonyl (C=O) groups excluding carboxylic acids is 1. The molecule has 0 aromatic heterocycles. The number of hydrogen-bond acceptors (Lipinski definition) is 3. The number of ether oxygens (including phenoxy) is 1. The smallest absolute Gasteiger partial charge is 0.303 e. The summed E-state index contributed by atoms with van der Waals surface area (Å²) in [7, 11) is 4.17. The van der Waals surface area contributed by atoms with E-state index >= 15 is 0 Å². The summed E-state index contributed by atoms with van der Waals surface area (Å²) < 4.78 is 6.24. The maximum Gasteiger partial charge on any atom is 0.303 e. The molecule has 0 aliphatic carbocycles. The molecule has 0 spiro atoms. The largest absolute Gasteiger partial charge is 0.481 e. The van der Waals surface area contributed by atoms with Gasteiger partial charge in [0.05, 0.1) is 27.1 Å². The summed E-state index contributed by atoms with van der Waals surface area (Å²) in [5.41, 5.74) is 0. The fourth-order valence-electron chi connectivity index (χ4n) is 4.29. The Balaban J connectivity index is 3.80. The predicted octanol–water partition coefficient (Wildman–Crippen LogP) is 6.73. The standard InChI is InChI=1S/C26H51NO4/c1-5-6-7-8-9-10-11-12-13-14-15-16-17-18-20-25(31-24(2)28)23-27(3,4)22-19-21-26(29)30/h25H,5-23H2,1-4H3/p+1. The third-order valence-electron chi connectivity index (χ3n) is 6.06. The fraction of sp³-hybridized carbons (Fsp3) is 0.923. The number of carboxylic acid groups (broad SMARTS) is 1. The van der Waals surface area contributed by atoms with Crippen LogP contribution in [0, 0.1) is 0 Å². The molecule has 31 heavy (non-hydrogen) atoms. The van der Waals surface area contributed by atoms with Gasteiger partial charge in [0.15, 0.2) is 6.10 Å². The average molecular weight is 443 g/mol. The Bertz CT molecular complexity index is 451. The molecule has 0 amide bonds. The molecule has 0 aliphatic rings. The van der Waals surface area contributed by atoms with E-state index in [9.17, 15) is 9.59 Å². The fourth-order valence-corrected chi connectivity index (χ4v) is 4.29. The lowest BCUT2D eigenvalue weighted by Crippen LogP contribution is -2.47. The number of esters is 1. The Morgan fingerprint density at radius 1 is 0.774 bits per heavy atom. The first-order valence-corrected chi connectivity index (χ1v) is 13.0. The SMILES string of the molecule is CCCCCCCCCCCCCCCCC(C[N+](C)(C)CCCC(=O)O)OC(C)=O. The third-order valence-corrected chi connectivity index (χ3v) is 6.06. The van der Waals surface area contributed by atoms with Gasteiger partial charge in [-0.2, -0.15) is 0 Å². The lowest BCUT2D eigenvalue weighted by Gasteiger charge is -2.33. The van der Waals surface area contributed by atoms with Crippen LogP contribution in [-0.4, -0.2) is 54.8 Å². The molecule has 0 saturated heterocycles. The minimum absolute atomic E-state index is 0.0744. The highest BCUT2D eigenvalue weighted by Crippen LogP contribution is 2.16. The quantitative estimate of drug-likeness (QED) is 0.115. The van der Waals surface area contributed by atoms with Gasteiger partial charge in [0.1, 0.15) is 6.54 Å². The van der Waals surface area contributed by atoms with Gasteiger partial charge in [-0.25, -0.2) is 0 Å². The van der Waals surface area contributed by atoms with E-state index in [4.69, 9.17) is 9.84 Å².